The highest BCUT2D eigenvalue weighted by Gasteiger charge is 2.37. The second-order valence-electron chi connectivity index (χ2n) is 7.08. The van der Waals surface area contributed by atoms with Gasteiger partial charge in [0.2, 0.25) is 0 Å². The minimum atomic E-state index is -4.54. The second kappa shape index (κ2) is 6.54. The van der Waals surface area contributed by atoms with Crippen molar-refractivity contribution in [1.82, 2.24) is 4.90 Å². The molecule has 2 unspecified atom stereocenters. The lowest BCUT2D eigenvalue weighted by Gasteiger charge is -2.34. The topological polar surface area (TPSA) is 3.24 Å². The maximum atomic E-state index is 13.7. The van der Waals surface area contributed by atoms with Crippen LogP contribution < -0.4 is 0 Å². The van der Waals surface area contributed by atoms with Gasteiger partial charge in [-0.15, -0.1) is 0 Å². The van der Waals surface area contributed by atoms with Crippen LogP contribution in [-0.4, -0.2) is 17.0 Å². The number of nitrogens with zero attached hydrogens (tertiary/aromatic N) is 1. The first-order valence-electron chi connectivity index (χ1n) is 8.79. The Hall–Kier alpha value is -2.14. The van der Waals surface area contributed by atoms with Gasteiger partial charge in [0.15, 0.2) is 0 Å². The summed E-state index contributed by atoms with van der Waals surface area (Å²) >= 11 is 0. The van der Waals surface area contributed by atoms with Crippen molar-refractivity contribution in [3.05, 3.63) is 77.1 Å². The molecule has 136 valence electrons. The number of benzene rings is 2. The van der Waals surface area contributed by atoms with Crippen LogP contribution in [0.2, 0.25) is 0 Å². The summed E-state index contributed by atoms with van der Waals surface area (Å²) in [6, 6.07) is 13.5. The molecule has 0 N–H and O–H groups in total. The normalized spacial score (nSPS) is 23.2. The molecule has 1 saturated heterocycles. The summed E-state index contributed by atoms with van der Waals surface area (Å²) in [5.74, 6) is -0.838. The minimum Gasteiger partial charge on any atom is -0.289 e. The number of hydrogen-bond acceptors (Lipinski definition) is 1. The van der Waals surface area contributed by atoms with E-state index < -0.39 is 17.6 Å². The summed E-state index contributed by atoms with van der Waals surface area (Å²) in [6.45, 7) is 0.830. The molecule has 2 aliphatic rings. The quantitative estimate of drug-likeness (QED) is 0.637. The second-order valence-corrected chi connectivity index (χ2v) is 7.08. The highest BCUT2D eigenvalue weighted by atomic mass is 19.4. The molecule has 2 heterocycles. The Morgan fingerprint density at radius 2 is 1.77 bits per heavy atom. The van der Waals surface area contributed by atoms with E-state index in [0.717, 1.165) is 31.0 Å². The first kappa shape index (κ1) is 17.3. The predicted molar refractivity (Wildman–Crippen MR) is 92.8 cm³/mol. The summed E-state index contributed by atoms with van der Waals surface area (Å²) in [7, 11) is 0. The van der Waals surface area contributed by atoms with E-state index in [-0.39, 0.29) is 12.1 Å². The van der Waals surface area contributed by atoms with Gasteiger partial charge in [-0.2, -0.15) is 13.2 Å². The van der Waals surface area contributed by atoms with Crippen molar-refractivity contribution < 1.29 is 17.6 Å². The average molecular weight is 361 g/mol. The molecule has 2 bridgehead atoms. The van der Waals surface area contributed by atoms with Crippen LogP contribution in [0.1, 0.15) is 36.0 Å². The van der Waals surface area contributed by atoms with Crippen LogP contribution in [0, 0.1) is 5.82 Å². The van der Waals surface area contributed by atoms with Gasteiger partial charge in [0.1, 0.15) is 5.82 Å². The molecule has 2 aromatic rings. The number of rotatable bonds is 3. The smallest absolute Gasteiger partial charge is 0.289 e. The van der Waals surface area contributed by atoms with Crippen LogP contribution in [0.4, 0.5) is 17.6 Å². The summed E-state index contributed by atoms with van der Waals surface area (Å²) in [6.07, 6.45) is 0.150. The average Bonchev–Trinajstić information content (AvgIpc) is 2.83. The van der Waals surface area contributed by atoms with Crippen molar-refractivity contribution in [3.63, 3.8) is 0 Å². The Bertz CT molecular complexity index is 826. The number of alkyl halides is 3. The fourth-order valence-electron chi connectivity index (χ4n) is 4.11. The molecule has 0 aliphatic carbocycles. The van der Waals surface area contributed by atoms with Gasteiger partial charge < -0.3 is 0 Å². The molecule has 0 aromatic heterocycles. The van der Waals surface area contributed by atoms with Crippen LogP contribution in [0.5, 0.6) is 0 Å². The van der Waals surface area contributed by atoms with E-state index in [0.29, 0.717) is 18.1 Å². The lowest BCUT2D eigenvalue weighted by atomic mass is 9.93. The zero-order chi connectivity index (χ0) is 18.3. The highest BCUT2D eigenvalue weighted by molar-refractivity contribution is 5.68. The molecule has 0 saturated carbocycles. The Morgan fingerprint density at radius 1 is 1.00 bits per heavy atom. The Kier molecular flexibility index (Phi) is 4.35. The molecule has 4 rings (SSSR count). The van der Waals surface area contributed by atoms with E-state index in [1.807, 2.05) is 24.3 Å². The van der Waals surface area contributed by atoms with Gasteiger partial charge in [-0.1, -0.05) is 36.4 Å². The third-order valence-corrected chi connectivity index (χ3v) is 5.34. The van der Waals surface area contributed by atoms with E-state index in [2.05, 4.69) is 17.0 Å². The summed E-state index contributed by atoms with van der Waals surface area (Å²) in [5.41, 5.74) is 1.49. The summed E-state index contributed by atoms with van der Waals surface area (Å²) in [4.78, 5) is 2.41. The molecule has 0 radical (unpaired) electrons. The number of halogens is 4. The van der Waals surface area contributed by atoms with Gasteiger partial charge in [-0.25, -0.2) is 4.39 Å². The lowest BCUT2D eigenvalue weighted by molar-refractivity contribution is -0.137. The van der Waals surface area contributed by atoms with E-state index in [1.54, 1.807) is 0 Å². The minimum absolute atomic E-state index is 0.196. The predicted octanol–water partition coefficient (Wildman–Crippen LogP) is 5.66. The number of hydrogen-bond donors (Lipinski definition) is 0. The van der Waals surface area contributed by atoms with Crippen molar-refractivity contribution in [1.29, 1.82) is 0 Å². The molecule has 0 spiro atoms. The van der Waals surface area contributed by atoms with Crippen LogP contribution in [0.15, 0.2) is 54.6 Å². The van der Waals surface area contributed by atoms with Gasteiger partial charge >= 0.3 is 6.18 Å². The largest absolute Gasteiger partial charge is 0.416 e. The van der Waals surface area contributed by atoms with E-state index in [4.69, 9.17) is 0 Å². The van der Waals surface area contributed by atoms with Crippen LogP contribution in [0.25, 0.3) is 5.57 Å². The van der Waals surface area contributed by atoms with Gasteiger partial charge in [-0.3, -0.25) is 4.90 Å². The molecular formula is C21H19F4N. The van der Waals surface area contributed by atoms with Gasteiger partial charge in [0, 0.05) is 18.6 Å². The first-order chi connectivity index (χ1) is 12.4. The van der Waals surface area contributed by atoms with Crippen LogP contribution in [-0.2, 0) is 12.7 Å². The van der Waals surface area contributed by atoms with E-state index in [1.165, 1.54) is 11.6 Å². The van der Waals surface area contributed by atoms with Gasteiger partial charge in [-0.05, 0) is 54.2 Å². The van der Waals surface area contributed by atoms with Crippen molar-refractivity contribution in [3.8, 4) is 0 Å². The molecule has 1 fully saturated rings. The fraction of sp³-hybridized carbons (Fsp3) is 0.333. The molecule has 2 aromatic carbocycles. The molecule has 5 heteroatoms. The van der Waals surface area contributed by atoms with Crippen molar-refractivity contribution in [2.75, 3.05) is 0 Å². The van der Waals surface area contributed by atoms with Crippen molar-refractivity contribution in [2.45, 2.75) is 44.1 Å². The zero-order valence-electron chi connectivity index (χ0n) is 14.1. The lowest BCUT2D eigenvalue weighted by Crippen LogP contribution is -2.37. The maximum absolute atomic E-state index is 13.7. The summed E-state index contributed by atoms with van der Waals surface area (Å²) < 4.78 is 52.7. The number of fused-ring (bicyclic) bond motifs is 2. The SMILES string of the molecule is Fc1cc(C2=CC3CCC(C2)N3Cc2ccccc2)cc(C(F)(F)F)c1. The monoisotopic (exact) mass is 361 g/mol. The third kappa shape index (κ3) is 3.40. The van der Waals surface area contributed by atoms with E-state index in [9.17, 15) is 17.6 Å². The Morgan fingerprint density at radius 3 is 2.46 bits per heavy atom. The maximum Gasteiger partial charge on any atom is 0.416 e. The Labute approximate surface area is 149 Å². The molecule has 26 heavy (non-hydrogen) atoms. The van der Waals surface area contributed by atoms with E-state index >= 15 is 0 Å². The standard InChI is InChI=1S/C21H19F4N/c22-18-9-15(8-17(12-18)21(23,24)25)16-10-19-6-7-20(11-16)26(19)13-14-4-2-1-3-5-14/h1-5,8-10,12,19-20H,6-7,11,13H2. The Balaban J connectivity index is 1.61. The third-order valence-electron chi connectivity index (χ3n) is 5.34. The first-order valence-corrected chi connectivity index (χ1v) is 8.79. The fourth-order valence-corrected chi connectivity index (χ4v) is 4.11. The highest BCUT2D eigenvalue weighted by Crippen LogP contribution is 2.40. The van der Waals surface area contributed by atoms with Crippen LogP contribution >= 0.6 is 0 Å². The van der Waals surface area contributed by atoms with Crippen LogP contribution in [0.3, 0.4) is 0 Å². The van der Waals surface area contributed by atoms with Crippen molar-refractivity contribution >= 4 is 5.57 Å². The molecule has 1 nitrogen and oxygen atoms in total. The van der Waals surface area contributed by atoms with Gasteiger partial charge in [0.25, 0.3) is 0 Å². The molecule has 2 atom stereocenters. The molecule has 0 amide bonds. The van der Waals surface area contributed by atoms with Crippen molar-refractivity contribution in [2.24, 2.45) is 0 Å². The summed E-state index contributed by atoms with van der Waals surface area (Å²) in [5, 5.41) is 0. The van der Waals surface area contributed by atoms with Gasteiger partial charge in [0.05, 0.1) is 5.56 Å². The molecular weight excluding hydrogens is 342 g/mol. The molecule has 2 aliphatic heterocycles. The zero-order valence-corrected chi connectivity index (χ0v) is 14.1.